The molecule has 0 spiro atoms. The highest BCUT2D eigenvalue weighted by atomic mass is 16.3. The molecule has 2 aromatic rings. The van der Waals surface area contributed by atoms with Gasteiger partial charge in [-0.2, -0.15) is 0 Å². The van der Waals surface area contributed by atoms with E-state index in [1.165, 1.54) is 12.7 Å². The second-order valence-corrected chi connectivity index (χ2v) is 4.89. The minimum absolute atomic E-state index is 0.159. The smallest absolute Gasteiger partial charge is 0.302 e. The maximum atomic E-state index is 12.2. The van der Waals surface area contributed by atoms with Crippen molar-refractivity contribution >= 4 is 0 Å². The third kappa shape index (κ3) is 2.14. The van der Waals surface area contributed by atoms with Crippen LogP contribution in [0.4, 0.5) is 0 Å². The quantitative estimate of drug-likeness (QED) is 0.830. The van der Waals surface area contributed by atoms with Gasteiger partial charge in [-0.05, 0) is 25.0 Å². The topological polar surface area (TPSA) is 86.9 Å². The van der Waals surface area contributed by atoms with Crippen molar-refractivity contribution in [2.75, 3.05) is 5.84 Å². The van der Waals surface area contributed by atoms with Crippen molar-refractivity contribution in [2.24, 2.45) is 0 Å². The zero-order valence-corrected chi connectivity index (χ0v) is 10.6. The van der Waals surface area contributed by atoms with E-state index < -0.39 is 0 Å². The molecule has 0 bridgehead atoms. The van der Waals surface area contributed by atoms with Gasteiger partial charge < -0.3 is 10.3 Å². The lowest BCUT2D eigenvalue weighted by Crippen LogP contribution is -2.35. The Kier molecular flexibility index (Phi) is 3.06. The zero-order valence-electron chi connectivity index (χ0n) is 10.6. The Labute approximate surface area is 110 Å². The lowest BCUT2D eigenvalue weighted by atomic mass is 9.89. The molecule has 0 atom stereocenters. The van der Waals surface area contributed by atoms with Gasteiger partial charge in [0.2, 0.25) is 0 Å². The summed E-state index contributed by atoms with van der Waals surface area (Å²) in [6, 6.07) is 3.37. The van der Waals surface area contributed by atoms with Crippen LogP contribution < -0.4 is 11.4 Å². The predicted octanol–water partition coefficient (Wildman–Crippen LogP) is 1.66. The van der Waals surface area contributed by atoms with Crippen molar-refractivity contribution in [3.8, 4) is 11.5 Å². The summed E-state index contributed by atoms with van der Waals surface area (Å²) in [7, 11) is 0. The number of hydrogen-bond acceptors (Lipinski definition) is 5. The van der Waals surface area contributed by atoms with Crippen LogP contribution in [0.5, 0.6) is 0 Å². The predicted molar refractivity (Wildman–Crippen MR) is 70.0 cm³/mol. The summed E-state index contributed by atoms with van der Waals surface area (Å²) in [5.41, 5.74) is -0.197. The molecule has 2 aromatic heterocycles. The van der Waals surface area contributed by atoms with Gasteiger partial charge in [-0.25, -0.2) is 4.68 Å². The first-order valence-corrected chi connectivity index (χ1v) is 6.56. The third-order valence-corrected chi connectivity index (χ3v) is 3.65. The first kappa shape index (κ1) is 12.0. The fraction of sp³-hybridized carbons (Fsp3) is 0.462. The molecule has 1 aliphatic rings. The van der Waals surface area contributed by atoms with E-state index >= 15 is 0 Å². The lowest BCUT2D eigenvalue weighted by Gasteiger charge is -2.21. The molecule has 3 rings (SSSR count). The number of aromatic nitrogens is 3. The van der Waals surface area contributed by atoms with E-state index in [9.17, 15) is 4.79 Å². The van der Waals surface area contributed by atoms with Crippen LogP contribution in [-0.2, 0) is 0 Å². The average molecular weight is 260 g/mol. The summed E-state index contributed by atoms with van der Waals surface area (Å²) < 4.78 is 6.30. The molecule has 2 heterocycles. The maximum Gasteiger partial charge on any atom is 0.302 e. The van der Waals surface area contributed by atoms with E-state index in [0.29, 0.717) is 11.6 Å². The lowest BCUT2D eigenvalue weighted by molar-refractivity contribution is 0.414. The molecule has 0 unspecified atom stereocenters. The van der Waals surface area contributed by atoms with Crippen molar-refractivity contribution in [3.63, 3.8) is 0 Å². The first-order chi connectivity index (χ1) is 9.27. The van der Waals surface area contributed by atoms with Gasteiger partial charge in [0.1, 0.15) is 0 Å². The van der Waals surface area contributed by atoms with E-state index in [1.54, 1.807) is 12.1 Å². The average Bonchev–Trinajstić information content (AvgIpc) is 2.97. The Morgan fingerprint density at radius 1 is 1.26 bits per heavy atom. The van der Waals surface area contributed by atoms with Crippen molar-refractivity contribution in [1.82, 2.24) is 14.9 Å². The molecule has 6 nitrogen and oxygen atoms in total. The van der Waals surface area contributed by atoms with Gasteiger partial charge >= 0.3 is 5.56 Å². The molecule has 0 aromatic carbocycles. The van der Waals surface area contributed by atoms with Crippen molar-refractivity contribution in [1.29, 1.82) is 0 Å². The molecule has 100 valence electrons. The Bertz CT molecular complexity index is 612. The molecule has 1 saturated carbocycles. The second-order valence-electron chi connectivity index (χ2n) is 4.89. The van der Waals surface area contributed by atoms with Crippen LogP contribution in [0.1, 0.15) is 43.8 Å². The first-order valence-electron chi connectivity index (χ1n) is 6.56. The highest BCUT2D eigenvalue weighted by Gasteiger charge is 2.22. The van der Waals surface area contributed by atoms with Gasteiger partial charge in [-0.15, -0.1) is 10.2 Å². The van der Waals surface area contributed by atoms with E-state index in [-0.39, 0.29) is 17.2 Å². The normalized spacial score (nSPS) is 16.6. The highest BCUT2D eigenvalue weighted by molar-refractivity contribution is 5.49. The maximum absolute atomic E-state index is 12.2. The minimum Gasteiger partial charge on any atom is -0.462 e. The second kappa shape index (κ2) is 4.87. The largest absolute Gasteiger partial charge is 0.462 e. The van der Waals surface area contributed by atoms with Crippen molar-refractivity contribution in [3.05, 3.63) is 34.6 Å². The molecule has 1 aliphatic carbocycles. The summed E-state index contributed by atoms with van der Waals surface area (Å²) in [5, 5.41) is 8.15. The number of rotatable bonds is 2. The SMILES string of the molecule is Nn1c(C2CCCCC2)nnc(-c2ccco2)c1=O. The standard InChI is InChI=1S/C13H16N4O2/c14-17-12(9-5-2-1-3-6-9)16-15-11(13(17)18)10-7-4-8-19-10/h4,7-9H,1-3,5-6,14H2. The fourth-order valence-corrected chi connectivity index (χ4v) is 2.62. The van der Waals surface area contributed by atoms with Gasteiger partial charge in [0.15, 0.2) is 17.3 Å². The number of nitrogens with two attached hydrogens (primary N) is 1. The molecule has 0 radical (unpaired) electrons. The fourth-order valence-electron chi connectivity index (χ4n) is 2.62. The number of hydrogen-bond donors (Lipinski definition) is 1. The zero-order chi connectivity index (χ0) is 13.2. The molecular weight excluding hydrogens is 244 g/mol. The molecule has 0 aliphatic heterocycles. The molecule has 2 N–H and O–H groups in total. The van der Waals surface area contributed by atoms with Crippen molar-refractivity contribution in [2.45, 2.75) is 38.0 Å². The van der Waals surface area contributed by atoms with Gasteiger partial charge in [0.25, 0.3) is 0 Å². The molecule has 1 fully saturated rings. The van der Waals surface area contributed by atoms with Gasteiger partial charge in [0.05, 0.1) is 6.26 Å². The van der Waals surface area contributed by atoms with Crippen LogP contribution in [0.25, 0.3) is 11.5 Å². The van der Waals surface area contributed by atoms with E-state index in [2.05, 4.69) is 10.2 Å². The highest BCUT2D eigenvalue weighted by Crippen LogP contribution is 2.30. The summed E-state index contributed by atoms with van der Waals surface area (Å²) in [6.45, 7) is 0. The van der Waals surface area contributed by atoms with Crippen LogP contribution in [-0.4, -0.2) is 14.9 Å². The summed E-state index contributed by atoms with van der Waals surface area (Å²) in [5.74, 6) is 7.10. The number of furan rings is 1. The van der Waals surface area contributed by atoms with Crippen molar-refractivity contribution < 1.29 is 4.42 Å². The van der Waals surface area contributed by atoms with Crippen LogP contribution in [0.2, 0.25) is 0 Å². The monoisotopic (exact) mass is 260 g/mol. The van der Waals surface area contributed by atoms with E-state index in [4.69, 9.17) is 10.3 Å². The Balaban J connectivity index is 2.01. The Hall–Kier alpha value is -2.11. The van der Waals surface area contributed by atoms with Gasteiger partial charge in [-0.1, -0.05) is 19.3 Å². The van der Waals surface area contributed by atoms with Crippen LogP contribution in [0.15, 0.2) is 27.6 Å². The third-order valence-electron chi connectivity index (χ3n) is 3.65. The van der Waals surface area contributed by atoms with Crippen LogP contribution in [0, 0.1) is 0 Å². The molecule has 6 heteroatoms. The van der Waals surface area contributed by atoms with Crippen LogP contribution in [0.3, 0.4) is 0 Å². The molecule has 0 saturated heterocycles. The van der Waals surface area contributed by atoms with E-state index in [1.807, 2.05) is 0 Å². The Morgan fingerprint density at radius 3 is 2.74 bits per heavy atom. The molecule has 19 heavy (non-hydrogen) atoms. The summed E-state index contributed by atoms with van der Waals surface area (Å²) >= 11 is 0. The molecular formula is C13H16N4O2. The molecule has 0 amide bonds. The Morgan fingerprint density at radius 2 is 2.05 bits per heavy atom. The van der Waals surface area contributed by atoms with Gasteiger partial charge in [-0.3, -0.25) is 4.79 Å². The number of nitrogens with zero attached hydrogens (tertiary/aromatic N) is 3. The van der Waals surface area contributed by atoms with E-state index in [0.717, 1.165) is 30.4 Å². The number of nitrogen functional groups attached to an aromatic ring is 1. The minimum atomic E-state index is -0.356. The summed E-state index contributed by atoms with van der Waals surface area (Å²) in [6.07, 6.45) is 7.08. The van der Waals surface area contributed by atoms with Gasteiger partial charge in [0, 0.05) is 5.92 Å². The summed E-state index contributed by atoms with van der Waals surface area (Å²) in [4.78, 5) is 12.2. The van der Waals surface area contributed by atoms with Crippen LogP contribution >= 0.6 is 0 Å².